The van der Waals surface area contributed by atoms with Crippen LogP contribution in [-0.2, 0) is 19.1 Å². The smallest absolute Gasteiger partial charge is 0.411 e. The summed E-state index contributed by atoms with van der Waals surface area (Å²) < 4.78 is 9.99. The maximum Gasteiger partial charge on any atom is 0.411 e. The molecule has 1 atom stereocenters. The summed E-state index contributed by atoms with van der Waals surface area (Å²) in [7, 11) is 1.24. The van der Waals surface area contributed by atoms with Gasteiger partial charge in [0.1, 0.15) is 17.4 Å². The first-order valence-corrected chi connectivity index (χ1v) is 6.40. The van der Waals surface area contributed by atoms with Crippen LogP contribution in [0.1, 0.15) is 40.0 Å². The number of amides is 1. The molecule has 6 heteroatoms. The van der Waals surface area contributed by atoms with Crippen molar-refractivity contribution in [3.05, 3.63) is 0 Å². The Morgan fingerprint density at radius 2 is 2.05 bits per heavy atom. The van der Waals surface area contributed by atoms with Crippen molar-refractivity contribution in [2.75, 3.05) is 13.7 Å². The number of methoxy groups -OCH3 is 1. The molecule has 0 unspecified atom stereocenters. The van der Waals surface area contributed by atoms with E-state index in [0.717, 1.165) is 0 Å². The molecule has 0 radical (unpaired) electrons. The molecular weight excluding hydrogens is 250 g/mol. The molecule has 0 spiro atoms. The van der Waals surface area contributed by atoms with Crippen molar-refractivity contribution in [1.29, 1.82) is 0 Å². The maximum absolute atomic E-state index is 12.1. The summed E-state index contributed by atoms with van der Waals surface area (Å²) in [5.74, 6) is -0.631. The quantitative estimate of drug-likeness (QED) is 0.728. The van der Waals surface area contributed by atoms with Gasteiger partial charge in [-0.2, -0.15) is 0 Å². The van der Waals surface area contributed by atoms with E-state index in [0.29, 0.717) is 6.42 Å². The molecule has 0 aromatic rings. The Bertz CT molecular complexity index is 377. The van der Waals surface area contributed by atoms with E-state index >= 15 is 0 Å². The second-order valence-electron chi connectivity index (χ2n) is 5.21. The summed E-state index contributed by atoms with van der Waals surface area (Å²) in [6.45, 7) is 5.70. The van der Waals surface area contributed by atoms with Crippen LogP contribution in [-0.4, -0.2) is 48.0 Å². The molecule has 0 bridgehead atoms. The van der Waals surface area contributed by atoms with Gasteiger partial charge in [-0.15, -0.1) is 0 Å². The van der Waals surface area contributed by atoms with Crippen molar-refractivity contribution in [3.63, 3.8) is 0 Å². The predicted molar refractivity (Wildman–Crippen MR) is 67.6 cm³/mol. The summed E-state index contributed by atoms with van der Waals surface area (Å²) in [6, 6.07) is -0.869. The summed E-state index contributed by atoms with van der Waals surface area (Å²) in [5, 5.41) is 0. The molecule has 1 aliphatic heterocycles. The minimum atomic E-state index is -0.869. The zero-order valence-corrected chi connectivity index (χ0v) is 11.9. The van der Waals surface area contributed by atoms with Crippen LogP contribution >= 0.6 is 0 Å². The molecule has 1 saturated heterocycles. The van der Waals surface area contributed by atoms with E-state index < -0.39 is 23.7 Å². The van der Waals surface area contributed by atoms with Crippen LogP contribution in [0.15, 0.2) is 0 Å². The summed E-state index contributed by atoms with van der Waals surface area (Å²) in [4.78, 5) is 36.4. The number of hydrogen-bond donors (Lipinski definition) is 0. The fourth-order valence-electron chi connectivity index (χ4n) is 1.76. The first kappa shape index (κ1) is 15.5. The average Bonchev–Trinajstić information content (AvgIpc) is 2.37. The fourth-order valence-corrected chi connectivity index (χ4v) is 1.76. The van der Waals surface area contributed by atoms with Crippen molar-refractivity contribution in [1.82, 2.24) is 4.90 Å². The Morgan fingerprint density at radius 3 is 2.58 bits per heavy atom. The summed E-state index contributed by atoms with van der Waals surface area (Å²) >= 11 is 0. The van der Waals surface area contributed by atoms with E-state index in [4.69, 9.17) is 4.74 Å². The third-order valence-electron chi connectivity index (χ3n) is 3.35. The Kier molecular flexibility index (Phi) is 4.91. The lowest BCUT2D eigenvalue weighted by molar-refractivity contribution is -0.150. The third-order valence-corrected chi connectivity index (χ3v) is 3.35. The molecule has 1 amide bonds. The lowest BCUT2D eigenvalue weighted by Crippen LogP contribution is -2.52. The number of ether oxygens (including phenoxy) is 2. The monoisotopic (exact) mass is 271 g/mol. The van der Waals surface area contributed by atoms with E-state index in [9.17, 15) is 14.4 Å². The van der Waals surface area contributed by atoms with Gasteiger partial charge in [-0.05, 0) is 20.3 Å². The van der Waals surface area contributed by atoms with Crippen molar-refractivity contribution in [3.8, 4) is 0 Å². The van der Waals surface area contributed by atoms with Crippen molar-refractivity contribution in [2.45, 2.75) is 51.7 Å². The number of carbonyl (C=O) groups is 3. The molecule has 19 heavy (non-hydrogen) atoms. The highest BCUT2D eigenvalue weighted by molar-refractivity contribution is 5.91. The largest absolute Gasteiger partial charge is 0.467 e. The highest BCUT2D eigenvalue weighted by atomic mass is 16.6. The van der Waals surface area contributed by atoms with Crippen LogP contribution in [0.25, 0.3) is 0 Å². The Morgan fingerprint density at radius 1 is 1.42 bits per heavy atom. The van der Waals surface area contributed by atoms with Crippen molar-refractivity contribution >= 4 is 17.8 Å². The van der Waals surface area contributed by atoms with E-state index in [-0.39, 0.29) is 25.2 Å². The van der Waals surface area contributed by atoms with Gasteiger partial charge >= 0.3 is 12.1 Å². The predicted octanol–water partition coefficient (Wildman–Crippen LogP) is 1.52. The van der Waals surface area contributed by atoms with Crippen LogP contribution in [0, 0.1) is 0 Å². The van der Waals surface area contributed by atoms with Crippen LogP contribution in [0.2, 0.25) is 0 Å². The van der Waals surface area contributed by atoms with Gasteiger partial charge in [0.15, 0.2) is 0 Å². The van der Waals surface area contributed by atoms with Gasteiger partial charge in [-0.25, -0.2) is 9.59 Å². The molecule has 1 heterocycles. The molecule has 0 N–H and O–H groups in total. The maximum atomic E-state index is 12.1. The fraction of sp³-hybridized carbons (Fsp3) is 0.769. The molecule has 6 nitrogen and oxygen atoms in total. The summed E-state index contributed by atoms with van der Waals surface area (Å²) in [5.41, 5.74) is -0.598. The van der Waals surface area contributed by atoms with Crippen LogP contribution < -0.4 is 0 Å². The van der Waals surface area contributed by atoms with E-state index in [1.54, 1.807) is 13.8 Å². The highest BCUT2D eigenvalue weighted by Crippen LogP contribution is 2.21. The van der Waals surface area contributed by atoms with Crippen molar-refractivity contribution < 1.29 is 23.9 Å². The minimum Gasteiger partial charge on any atom is -0.467 e. The number of esters is 1. The topological polar surface area (TPSA) is 72.9 Å². The number of likely N-dealkylation sites (tertiary alicyclic amines) is 1. The van der Waals surface area contributed by atoms with Gasteiger partial charge in [-0.3, -0.25) is 9.69 Å². The van der Waals surface area contributed by atoms with Crippen molar-refractivity contribution in [2.24, 2.45) is 0 Å². The van der Waals surface area contributed by atoms with Crippen LogP contribution in [0.4, 0.5) is 4.79 Å². The number of rotatable bonds is 3. The molecule has 1 aliphatic rings. The molecule has 108 valence electrons. The molecular formula is C13H21NO5. The second kappa shape index (κ2) is 6.04. The molecule has 0 saturated carbocycles. The standard InChI is InChI=1S/C13H21NO5/c1-5-13(2,3)19-12(17)14-7-6-9(15)8-10(14)11(16)18-4/h10H,5-8H2,1-4H3/t10-/m1/s1. The van der Waals surface area contributed by atoms with Gasteiger partial charge in [0.25, 0.3) is 0 Å². The number of Topliss-reactive ketones (excluding diaryl/α,β-unsaturated/α-hetero) is 1. The van der Waals surface area contributed by atoms with Gasteiger partial charge < -0.3 is 9.47 Å². The zero-order chi connectivity index (χ0) is 14.6. The first-order valence-electron chi connectivity index (χ1n) is 6.40. The van der Waals surface area contributed by atoms with Gasteiger partial charge in [0, 0.05) is 19.4 Å². The first-order chi connectivity index (χ1) is 8.80. The molecule has 0 aliphatic carbocycles. The molecule has 0 aromatic carbocycles. The van der Waals surface area contributed by atoms with Crippen LogP contribution in [0.5, 0.6) is 0 Å². The molecule has 1 rings (SSSR count). The lowest BCUT2D eigenvalue weighted by atomic mass is 10.0. The third kappa shape index (κ3) is 3.94. The summed E-state index contributed by atoms with van der Waals surface area (Å²) in [6.07, 6.45) is 0.326. The highest BCUT2D eigenvalue weighted by Gasteiger charge is 2.38. The van der Waals surface area contributed by atoms with Gasteiger partial charge in [0.05, 0.1) is 7.11 Å². The average molecular weight is 271 g/mol. The second-order valence-corrected chi connectivity index (χ2v) is 5.21. The Hall–Kier alpha value is -1.59. The van der Waals surface area contributed by atoms with Gasteiger partial charge in [0.2, 0.25) is 0 Å². The van der Waals surface area contributed by atoms with E-state index in [2.05, 4.69) is 4.74 Å². The minimum absolute atomic E-state index is 0.00563. The Balaban J connectivity index is 2.80. The normalized spacial score (nSPS) is 20.1. The lowest BCUT2D eigenvalue weighted by Gasteiger charge is -2.35. The number of hydrogen-bond acceptors (Lipinski definition) is 5. The number of nitrogens with zero attached hydrogens (tertiary/aromatic N) is 1. The SMILES string of the molecule is CCC(C)(C)OC(=O)N1CCC(=O)C[C@@H]1C(=O)OC. The number of carbonyl (C=O) groups excluding carboxylic acids is 3. The zero-order valence-electron chi connectivity index (χ0n) is 11.9. The number of piperidine rings is 1. The number of ketones is 1. The Labute approximate surface area is 113 Å². The molecule has 1 fully saturated rings. The van der Waals surface area contributed by atoms with Gasteiger partial charge in [-0.1, -0.05) is 6.92 Å². The van der Waals surface area contributed by atoms with Crippen LogP contribution in [0.3, 0.4) is 0 Å². The molecule has 0 aromatic heterocycles. The van der Waals surface area contributed by atoms with E-state index in [1.165, 1.54) is 12.0 Å². The van der Waals surface area contributed by atoms with E-state index in [1.807, 2.05) is 6.92 Å².